The monoisotopic (exact) mass is 549 g/mol. The zero-order valence-corrected chi connectivity index (χ0v) is 26.1. The van der Waals surface area contributed by atoms with Crippen LogP contribution in [0.5, 0.6) is 5.75 Å². The van der Waals surface area contributed by atoms with Crippen LogP contribution in [0.1, 0.15) is 62.3 Å². The van der Waals surface area contributed by atoms with E-state index in [1.807, 2.05) is 51.7 Å². The number of rotatable bonds is 3. The van der Waals surface area contributed by atoms with Crippen LogP contribution < -0.4 is 34.3 Å². The van der Waals surface area contributed by atoms with Crippen LogP contribution in [0.4, 0.5) is 0 Å². The fourth-order valence-corrected chi connectivity index (χ4v) is 4.62. The number of benzene rings is 1. The van der Waals surface area contributed by atoms with Gasteiger partial charge in [-0.2, -0.15) is 11.4 Å². The molecule has 0 fully saturated rings. The van der Waals surface area contributed by atoms with Crippen molar-refractivity contribution >= 4 is 17.5 Å². The van der Waals surface area contributed by atoms with E-state index in [1.54, 1.807) is 0 Å². The Kier molecular flexibility index (Phi) is 8.92. The predicted octanol–water partition coefficient (Wildman–Crippen LogP) is 2.19. The molecule has 0 saturated carbocycles. The SMILES string of the molecule is CC(C)(C)c1nnc([C-]=O)o1.Cc1nn(C)c(C)c1-c1nc2nccc(-c3ccc4c(c3)OCCCC4)c2[nH]1.[Na+]. The van der Waals surface area contributed by atoms with Gasteiger partial charge in [-0.1, -0.05) is 32.9 Å². The molecular weight excluding hydrogens is 517 g/mol. The van der Waals surface area contributed by atoms with E-state index in [2.05, 4.69) is 50.4 Å². The molecule has 1 N–H and O–H groups in total. The van der Waals surface area contributed by atoms with Gasteiger partial charge in [0, 0.05) is 29.9 Å². The van der Waals surface area contributed by atoms with Crippen molar-refractivity contribution in [3.63, 3.8) is 0 Å². The van der Waals surface area contributed by atoms with Gasteiger partial charge in [-0.05, 0) is 56.4 Å². The topological polar surface area (TPSA) is 125 Å². The third-order valence-electron chi connectivity index (χ3n) is 6.77. The Morgan fingerprint density at radius 2 is 1.90 bits per heavy atom. The Bertz CT molecular complexity index is 1650. The number of aromatic nitrogens is 7. The van der Waals surface area contributed by atoms with Crippen LogP contribution >= 0.6 is 0 Å². The van der Waals surface area contributed by atoms with E-state index in [0.717, 1.165) is 64.6 Å². The number of pyridine rings is 1. The van der Waals surface area contributed by atoms with Gasteiger partial charge in [0.25, 0.3) is 0 Å². The minimum atomic E-state index is -0.206. The Labute approximate surface area is 255 Å². The Morgan fingerprint density at radius 3 is 2.55 bits per heavy atom. The molecule has 0 spiro atoms. The minimum Gasteiger partial charge on any atom is -0.532 e. The summed E-state index contributed by atoms with van der Waals surface area (Å²) >= 11 is 0. The maximum Gasteiger partial charge on any atom is 1.00 e. The summed E-state index contributed by atoms with van der Waals surface area (Å²) in [6.07, 6.45) is 6.71. The summed E-state index contributed by atoms with van der Waals surface area (Å²) in [4.78, 5) is 22.8. The van der Waals surface area contributed by atoms with E-state index in [9.17, 15) is 4.79 Å². The quantitative estimate of drug-likeness (QED) is 0.268. The Morgan fingerprint density at radius 1 is 1.10 bits per heavy atom. The van der Waals surface area contributed by atoms with Crippen LogP contribution in [0, 0.1) is 13.8 Å². The molecule has 40 heavy (non-hydrogen) atoms. The number of hydrogen-bond acceptors (Lipinski definition) is 8. The van der Waals surface area contributed by atoms with Gasteiger partial charge in [0.05, 0.1) is 23.4 Å². The number of carbonyl (C=O) groups excluding carboxylic acids is 1. The van der Waals surface area contributed by atoms with E-state index in [1.165, 1.54) is 18.3 Å². The minimum absolute atomic E-state index is 0. The molecule has 0 radical (unpaired) electrons. The van der Waals surface area contributed by atoms with Crippen LogP contribution in [0.25, 0.3) is 33.7 Å². The van der Waals surface area contributed by atoms with Crippen molar-refractivity contribution in [1.82, 2.24) is 34.9 Å². The average molecular weight is 550 g/mol. The molecule has 1 aliphatic rings. The fourth-order valence-electron chi connectivity index (χ4n) is 4.62. The number of nitrogens with one attached hydrogen (secondary N) is 1. The fraction of sp³-hybridized carbons (Fsp3) is 0.379. The summed E-state index contributed by atoms with van der Waals surface area (Å²) in [5.41, 5.74) is 8.01. The number of hydrogen-bond donors (Lipinski definition) is 1. The van der Waals surface area contributed by atoms with Crippen LogP contribution in [0.2, 0.25) is 0 Å². The number of ether oxygens (including phenoxy) is 1. The number of fused-ring (bicyclic) bond motifs is 2. The molecule has 1 aromatic carbocycles. The molecule has 5 aromatic rings. The summed E-state index contributed by atoms with van der Waals surface area (Å²) in [7, 11) is 1.95. The molecule has 6 rings (SSSR count). The first-order valence-electron chi connectivity index (χ1n) is 13.0. The van der Waals surface area contributed by atoms with Gasteiger partial charge in [0.1, 0.15) is 17.5 Å². The maximum absolute atomic E-state index is 10.0. The summed E-state index contributed by atoms with van der Waals surface area (Å²) in [6, 6.07) is 8.54. The van der Waals surface area contributed by atoms with Crippen LogP contribution in [0.15, 0.2) is 34.9 Å². The molecule has 11 heteroatoms. The summed E-state index contributed by atoms with van der Waals surface area (Å²) in [5.74, 6) is 2.17. The van der Waals surface area contributed by atoms with Gasteiger partial charge in [-0.3, -0.25) is 4.68 Å². The number of H-pyrrole nitrogens is 1. The van der Waals surface area contributed by atoms with Gasteiger partial charge in [-0.15, -0.1) is 10.2 Å². The second-order valence-electron chi connectivity index (χ2n) is 10.7. The van der Waals surface area contributed by atoms with Crippen molar-refractivity contribution in [3.8, 4) is 28.3 Å². The Balaban J connectivity index is 0.000000262. The first-order chi connectivity index (χ1) is 18.7. The molecular formula is C29H32N7NaO3. The number of nitrogens with zero attached hydrogens (tertiary/aromatic N) is 6. The summed E-state index contributed by atoms with van der Waals surface area (Å²) < 4.78 is 12.8. The normalized spacial score (nSPS) is 12.9. The number of aryl methyl sites for hydroxylation is 3. The van der Waals surface area contributed by atoms with Crippen LogP contribution in [-0.2, 0) is 23.7 Å². The second-order valence-corrected chi connectivity index (χ2v) is 10.7. The number of imidazole rings is 1. The van der Waals surface area contributed by atoms with E-state index < -0.39 is 0 Å². The molecule has 1 aliphatic heterocycles. The first-order valence-corrected chi connectivity index (χ1v) is 13.0. The third-order valence-corrected chi connectivity index (χ3v) is 6.77. The first kappa shape index (κ1) is 29.6. The van der Waals surface area contributed by atoms with E-state index in [0.29, 0.717) is 11.5 Å². The zero-order valence-electron chi connectivity index (χ0n) is 24.1. The van der Waals surface area contributed by atoms with Crippen molar-refractivity contribution in [1.29, 1.82) is 0 Å². The Hall–Kier alpha value is -3.34. The van der Waals surface area contributed by atoms with Crippen molar-refractivity contribution in [2.45, 2.75) is 59.3 Å². The molecule has 202 valence electrons. The van der Waals surface area contributed by atoms with E-state index >= 15 is 0 Å². The summed E-state index contributed by atoms with van der Waals surface area (Å²) in [6.45, 7) is 10.6. The van der Waals surface area contributed by atoms with Gasteiger partial charge in [0.2, 0.25) is 5.89 Å². The van der Waals surface area contributed by atoms with Gasteiger partial charge < -0.3 is 18.9 Å². The molecule has 0 unspecified atom stereocenters. The second kappa shape index (κ2) is 12.0. The molecule has 0 aliphatic carbocycles. The van der Waals surface area contributed by atoms with Crippen molar-refractivity contribution in [2.75, 3.05) is 6.61 Å². The molecule has 0 bridgehead atoms. The van der Waals surface area contributed by atoms with Gasteiger partial charge >= 0.3 is 29.6 Å². The maximum atomic E-state index is 10.0. The van der Waals surface area contributed by atoms with Gasteiger partial charge in [0.15, 0.2) is 5.65 Å². The predicted molar refractivity (Wildman–Crippen MR) is 147 cm³/mol. The number of aromatic amines is 1. The largest absolute Gasteiger partial charge is 1.00 e. The zero-order chi connectivity index (χ0) is 27.7. The molecule has 0 amide bonds. The van der Waals surface area contributed by atoms with Crippen LogP contribution in [-0.4, -0.2) is 47.8 Å². The van der Waals surface area contributed by atoms with E-state index in [4.69, 9.17) is 14.1 Å². The molecule has 5 heterocycles. The van der Waals surface area contributed by atoms with Crippen molar-refractivity contribution in [2.24, 2.45) is 7.05 Å². The van der Waals surface area contributed by atoms with Crippen molar-refractivity contribution in [3.05, 3.63) is 59.2 Å². The van der Waals surface area contributed by atoms with Gasteiger partial charge in [-0.25, -0.2) is 9.97 Å². The molecule has 4 aromatic heterocycles. The van der Waals surface area contributed by atoms with Crippen molar-refractivity contribution < 1.29 is 43.5 Å². The average Bonchev–Trinajstić information content (AvgIpc) is 3.57. The standard InChI is InChI=1S/C22H23N5O.C7H9N2O2.Na/c1-13-19(14(2)27(3)26-13)21-24-20-17(9-10-23-22(20)25-21)16-8-7-15-6-4-5-11-28-18(15)12-16;1-7(2,3)6-9-8-5(4-10)11-6;/h7-10,12H,4-6,11H2,1-3H3,(H,23,24,25);1-3H3;/q;-1;+1. The summed E-state index contributed by atoms with van der Waals surface area (Å²) in [5, 5.41) is 11.7. The molecule has 0 atom stereocenters. The molecule has 0 saturated heterocycles. The molecule has 10 nitrogen and oxygen atoms in total. The third kappa shape index (κ3) is 6.04. The van der Waals surface area contributed by atoms with Crippen LogP contribution in [0.3, 0.4) is 0 Å². The van der Waals surface area contributed by atoms with E-state index in [-0.39, 0.29) is 40.9 Å². The smallest absolute Gasteiger partial charge is 0.532 e.